The first-order valence-electron chi connectivity index (χ1n) is 6.61. The lowest BCUT2D eigenvalue weighted by Crippen LogP contribution is -2.55. The number of urea groups is 1. The number of aliphatic carboxylic acids is 1. The zero-order valence-electron chi connectivity index (χ0n) is 10.8. The molecule has 0 spiro atoms. The summed E-state index contributed by atoms with van der Waals surface area (Å²) >= 11 is 1.85. The zero-order valence-corrected chi connectivity index (χ0v) is 11.7. The highest BCUT2D eigenvalue weighted by Crippen LogP contribution is 2.18. The van der Waals surface area contributed by atoms with Gasteiger partial charge in [0, 0.05) is 18.3 Å². The van der Waals surface area contributed by atoms with E-state index in [1.165, 1.54) is 0 Å². The number of carboxylic acids is 1. The number of carbonyl (C=O) groups excluding carboxylic acids is 1. The van der Waals surface area contributed by atoms with Gasteiger partial charge in [0.15, 0.2) is 0 Å². The van der Waals surface area contributed by atoms with Gasteiger partial charge in [0.05, 0.1) is 25.7 Å². The summed E-state index contributed by atoms with van der Waals surface area (Å²) in [5.41, 5.74) is 0. The summed E-state index contributed by atoms with van der Waals surface area (Å²) in [6, 6.07) is -0.302. The van der Waals surface area contributed by atoms with Crippen LogP contribution in [0.3, 0.4) is 0 Å². The monoisotopic (exact) mass is 288 g/mol. The van der Waals surface area contributed by atoms with Crippen LogP contribution in [-0.2, 0) is 9.53 Å². The van der Waals surface area contributed by atoms with Gasteiger partial charge in [-0.3, -0.25) is 4.79 Å². The first-order chi connectivity index (χ1) is 9.16. The maximum absolute atomic E-state index is 12.2. The molecule has 0 bridgehead atoms. The number of morpholine rings is 1. The topological polar surface area (TPSA) is 78.9 Å². The molecule has 6 nitrogen and oxygen atoms in total. The van der Waals surface area contributed by atoms with Gasteiger partial charge in [0.2, 0.25) is 0 Å². The molecule has 2 amide bonds. The molecule has 108 valence electrons. The molecule has 2 heterocycles. The number of ether oxygens (including phenoxy) is 1. The van der Waals surface area contributed by atoms with Crippen LogP contribution in [0.1, 0.15) is 19.3 Å². The molecule has 2 fully saturated rings. The second-order valence-corrected chi connectivity index (χ2v) is 6.03. The Balaban J connectivity index is 1.88. The third-order valence-corrected chi connectivity index (χ3v) is 4.60. The van der Waals surface area contributed by atoms with Gasteiger partial charge in [-0.15, -0.1) is 0 Å². The number of carboxylic acid groups (broad SMARTS) is 1. The van der Waals surface area contributed by atoms with E-state index < -0.39 is 5.97 Å². The van der Waals surface area contributed by atoms with E-state index >= 15 is 0 Å². The van der Waals surface area contributed by atoms with Crippen molar-refractivity contribution in [3.8, 4) is 0 Å². The van der Waals surface area contributed by atoms with Crippen molar-refractivity contribution in [1.29, 1.82) is 0 Å². The Kier molecular flexibility index (Phi) is 5.33. The summed E-state index contributed by atoms with van der Waals surface area (Å²) < 4.78 is 5.26. The molecule has 0 saturated carbocycles. The Morgan fingerprint density at radius 3 is 3.00 bits per heavy atom. The molecule has 0 radical (unpaired) electrons. The maximum Gasteiger partial charge on any atom is 0.318 e. The van der Waals surface area contributed by atoms with Crippen molar-refractivity contribution in [2.24, 2.45) is 0 Å². The van der Waals surface area contributed by atoms with E-state index in [2.05, 4.69) is 5.32 Å². The van der Waals surface area contributed by atoms with E-state index in [-0.39, 0.29) is 24.5 Å². The Hall–Kier alpha value is -0.950. The molecule has 0 aliphatic carbocycles. The minimum Gasteiger partial charge on any atom is -0.481 e. The van der Waals surface area contributed by atoms with Crippen LogP contribution in [0.5, 0.6) is 0 Å². The summed E-state index contributed by atoms with van der Waals surface area (Å²) in [5, 5.41) is 11.9. The van der Waals surface area contributed by atoms with E-state index in [0.29, 0.717) is 19.8 Å². The summed E-state index contributed by atoms with van der Waals surface area (Å²) in [4.78, 5) is 24.6. The van der Waals surface area contributed by atoms with Crippen LogP contribution in [0.4, 0.5) is 4.79 Å². The SMILES string of the molecule is O=C(O)CC1COCCN1C(=O)NC1CCCSC1. The van der Waals surface area contributed by atoms with Gasteiger partial charge in [-0.1, -0.05) is 0 Å². The predicted molar refractivity (Wildman–Crippen MR) is 72.4 cm³/mol. The van der Waals surface area contributed by atoms with Crippen molar-refractivity contribution in [2.45, 2.75) is 31.3 Å². The van der Waals surface area contributed by atoms with Crippen molar-refractivity contribution < 1.29 is 19.4 Å². The van der Waals surface area contributed by atoms with Crippen molar-refractivity contribution in [3.05, 3.63) is 0 Å². The average Bonchev–Trinajstić information content (AvgIpc) is 2.39. The highest BCUT2D eigenvalue weighted by Gasteiger charge is 2.30. The third kappa shape index (κ3) is 4.28. The molecule has 2 rings (SSSR count). The molecule has 2 saturated heterocycles. The minimum atomic E-state index is -0.901. The number of hydrogen-bond acceptors (Lipinski definition) is 4. The smallest absolute Gasteiger partial charge is 0.318 e. The fourth-order valence-electron chi connectivity index (χ4n) is 2.40. The van der Waals surface area contributed by atoms with Gasteiger partial charge >= 0.3 is 12.0 Å². The molecule has 0 aromatic heterocycles. The van der Waals surface area contributed by atoms with Gasteiger partial charge < -0.3 is 20.1 Å². The molecule has 2 aliphatic heterocycles. The van der Waals surface area contributed by atoms with Gasteiger partial charge in [0.1, 0.15) is 0 Å². The molecule has 2 unspecified atom stereocenters. The zero-order chi connectivity index (χ0) is 13.7. The first-order valence-corrected chi connectivity index (χ1v) is 7.76. The Bertz CT molecular complexity index is 334. The molecule has 0 aromatic rings. The maximum atomic E-state index is 12.2. The van der Waals surface area contributed by atoms with Gasteiger partial charge in [-0.2, -0.15) is 11.8 Å². The number of thioether (sulfide) groups is 1. The Labute approximate surface area is 116 Å². The summed E-state index contributed by atoms with van der Waals surface area (Å²) in [6.45, 7) is 1.24. The number of amides is 2. The first kappa shape index (κ1) is 14.5. The quantitative estimate of drug-likeness (QED) is 0.802. The summed E-state index contributed by atoms with van der Waals surface area (Å²) in [6.07, 6.45) is 2.07. The minimum absolute atomic E-state index is 0.0627. The summed E-state index contributed by atoms with van der Waals surface area (Å²) in [5.74, 6) is 1.20. The second kappa shape index (κ2) is 7.00. The van der Waals surface area contributed by atoms with Crippen molar-refractivity contribution >= 4 is 23.8 Å². The molecule has 0 aromatic carbocycles. The molecule has 7 heteroatoms. The lowest BCUT2D eigenvalue weighted by atomic mass is 10.1. The van der Waals surface area contributed by atoms with Crippen LogP contribution in [0.2, 0.25) is 0 Å². The molecular formula is C12H20N2O4S. The lowest BCUT2D eigenvalue weighted by Gasteiger charge is -2.36. The van der Waals surface area contributed by atoms with E-state index in [1.54, 1.807) is 4.90 Å². The Morgan fingerprint density at radius 1 is 1.47 bits per heavy atom. The summed E-state index contributed by atoms with van der Waals surface area (Å²) in [7, 11) is 0. The third-order valence-electron chi connectivity index (χ3n) is 3.39. The standard InChI is InChI=1S/C12H20N2O4S/c15-11(16)6-10-7-18-4-3-14(10)12(17)13-9-2-1-5-19-8-9/h9-10H,1-8H2,(H,13,17)(H,15,16). The van der Waals surface area contributed by atoms with Crippen LogP contribution in [0, 0.1) is 0 Å². The predicted octanol–water partition coefficient (Wildman–Crippen LogP) is 0.767. The fourth-order valence-corrected chi connectivity index (χ4v) is 3.48. The second-order valence-electron chi connectivity index (χ2n) is 4.88. The number of nitrogens with zero attached hydrogens (tertiary/aromatic N) is 1. The van der Waals surface area contributed by atoms with Crippen LogP contribution in [0.15, 0.2) is 0 Å². The van der Waals surface area contributed by atoms with E-state index in [0.717, 1.165) is 24.3 Å². The van der Waals surface area contributed by atoms with E-state index in [9.17, 15) is 9.59 Å². The van der Waals surface area contributed by atoms with Crippen molar-refractivity contribution in [1.82, 2.24) is 10.2 Å². The van der Waals surface area contributed by atoms with E-state index in [4.69, 9.17) is 9.84 Å². The van der Waals surface area contributed by atoms with Gasteiger partial charge in [-0.05, 0) is 18.6 Å². The van der Waals surface area contributed by atoms with Crippen LogP contribution >= 0.6 is 11.8 Å². The van der Waals surface area contributed by atoms with Crippen molar-refractivity contribution in [2.75, 3.05) is 31.3 Å². The van der Waals surface area contributed by atoms with Gasteiger partial charge in [-0.25, -0.2) is 4.79 Å². The molecule has 2 N–H and O–H groups in total. The van der Waals surface area contributed by atoms with Crippen molar-refractivity contribution in [3.63, 3.8) is 0 Å². The van der Waals surface area contributed by atoms with Gasteiger partial charge in [0.25, 0.3) is 0 Å². The molecule has 19 heavy (non-hydrogen) atoms. The van der Waals surface area contributed by atoms with Crippen LogP contribution in [-0.4, -0.2) is 65.4 Å². The normalized spacial score (nSPS) is 27.9. The molecular weight excluding hydrogens is 268 g/mol. The average molecular weight is 288 g/mol. The number of hydrogen-bond donors (Lipinski definition) is 2. The lowest BCUT2D eigenvalue weighted by molar-refractivity contribution is -0.139. The van der Waals surface area contributed by atoms with E-state index in [1.807, 2.05) is 11.8 Å². The number of rotatable bonds is 3. The number of nitrogens with one attached hydrogen (secondary N) is 1. The Morgan fingerprint density at radius 2 is 2.32 bits per heavy atom. The highest BCUT2D eigenvalue weighted by molar-refractivity contribution is 7.99. The van der Waals surface area contributed by atoms with Crippen LogP contribution < -0.4 is 5.32 Å². The molecule has 2 atom stereocenters. The largest absolute Gasteiger partial charge is 0.481 e. The van der Waals surface area contributed by atoms with Crippen LogP contribution in [0.25, 0.3) is 0 Å². The number of carbonyl (C=O) groups is 2. The highest BCUT2D eigenvalue weighted by atomic mass is 32.2. The molecule has 2 aliphatic rings. The fraction of sp³-hybridized carbons (Fsp3) is 0.833.